The van der Waals surface area contributed by atoms with E-state index in [-0.39, 0.29) is 18.3 Å². The zero-order valence-electron chi connectivity index (χ0n) is 15.4. The molecule has 1 amide bonds. The van der Waals surface area contributed by atoms with Gasteiger partial charge >= 0.3 is 0 Å². The minimum Gasteiger partial charge on any atom is -0.451 e. The molecule has 0 aliphatic carbocycles. The molecule has 2 N–H and O–H groups in total. The fourth-order valence-corrected chi connectivity index (χ4v) is 3.08. The second-order valence-electron chi connectivity index (χ2n) is 6.16. The van der Waals surface area contributed by atoms with Crippen molar-refractivity contribution in [2.45, 2.75) is 13.0 Å². The number of fused-ring (bicyclic) bond motifs is 1. The number of nitrogens with two attached hydrogens (primary N) is 1. The Hall–Kier alpha value is -2.34. The Morgan fingerprint density at radius 2 is 1.78 bits per heavy atom. The molecule has 0 fully saturated rings. The van der Waals surface area contributed by atoms with Gasteiger partial charge in [-0.05, 0) is 18.1 Å². The molecule has 0 aliphatic rings. The lowest BCUT2D eigenvalue weighted by Crippen LogP contribution is -2.37. The standard InChI is InChI=1S/C21H24N2O3.ClH/c1-25-15-18-17-9-5-6-10-19(17)26-20(18)21(24)23(14-12-22)13-11-16-7-3-2-4-8-16;/h2-10H,11-15,22H2,1H3;1H. The molecule has 0 saturated heterocycles. The lowest BCUT2D eigenvalue weighted by Gasteiger charge is -2.21. The third-order valence-corrected chi connectivity index (χ3v) is 4.38. The molecule has 0 aliphatic heterocycles. The van der Waals surface area contributed by atoms with Gasteiger partial charge in [-0.2, -0.15) is 0 Å². The first-order chi connectivity index (χ1) is 12.7. The maximum atomic E-state index is 13.1. The number of methoxy groups -OCH3 is 1. The molecule has 2 aromatic carbocycles. The topological polar surface area (TPSA) is 68.7 Å². The molecule has 0 atom stereocenters. The van der Waals surface area contributed by atoms with Gasteiger partial charge in [-0.15, -0.1) is 12.4 Å². The van der Waals surface area contributed by atoms with Crippen molar-refractivity contribution in [3.05, 3.63) is 71.5 Å². The first-order valence-corrected chi connectivity index (χ1v) is 8.77. The predicted octanol–water partition coefficient (Wildman–Crippen LogP) is 3.64. The normalized spacial score (nSPS) is 10.6. The van der Waals surface area contributed by atoms with Crippen molar-refractivity contribution in [1.82, 2.24) is 4.90 Å². The van der Waals surface area contributed by atoms with Gasteiger partial charge in [0.1, 0.15) is 5.58 Å². The van der Waals surface area contributed by atoms with Gasteiger partial charge in [0.2, 0.25) is 0 Å². The molecule has 3 rings (SSSR count). The van der Waals surface area contributed by atoms with Crippen LogP contribution in [0.1, 0.15) is 21.7 Å². The number of hydrogen-bond donors (Lipinski definition) is 1. The van der Waals surface area contributed by atoms with Gasteiger partial charge in [0, 0.05) is 37.7 Å². The molecular formula is C21H25ClN2O3. The summed E-state index contributed by atoms with van der Waals surface area (Å²) in [4.78, 5) is 14.9. The van der Waals surface area contributed by atoms with Crippen LogP contribution in [0.25, 0.3) is 11.0 Å². The Bertz CT molecular complexity index is 864. The number of carbonyl (C=O) groups excluding carboxylic acids is 1. The van der Waals surface area contributed by atoms with Crippen LogP contribution in [0.2, 0.25) is 0 Å². The number of amides is 1. The lowest BCUT2D eigenvalue weighted by atomic mass is 10.1. The number of furan rings is 1. The van der Waals surface area contributed by atoms with Gasteiger partial charge in [0.05, 0.1) is 6.61 Å². The summed E-state index contributed by atoms with van der Waals surface area (Å²) >= 11 is 0. The Balaban J connectivity index is 0.00000261. The van der Waals surface area contributed by atoms with Crippen molar-refractivity contribution in [2.24, 2.45) is 5.73 Å². The summed E-state index contributed by atoms with van der Waals surface area (Å²) < 4.78 is 11.2. The summed E-state index contributed by atoms with van der Waals surface area (Å²) in [7, 11) is 1.61. The number of ether oxygens (including phenoxy) is 1. The average Bonchev–Trinajstić information content (AvgIpc) is 3.04. The summed E-state index contributed by atoms with van der Waals surface area (Å²) in [6, 6.07) is 17.7. The summed E-state index contributed by atoms with van der Waals surface area (Å²) in [6.07, 6.45) is 0.770. The zero-order chi connectivity index (χ0) is 18.4. The third kappa shape index (κ3) is 4.89. The maximum absolute atomic E-state index is 13.1. The first-order valence-electron chi connectivity index (χ1n) is 8.77. The Labute approximate surface area is 165 Å². The molecule has 0 radical (unpaired) electrons. The van der Waals surface area contributed by atoms with Gasteiger partial charge in [0.15, 0.2) is 5.76 Å². The molecule has 0 bridgehead atoms. The second kappa shape index (κ2) is 10.1. The molecule has 1 heterocycles. The summed E-state index contributed by atoms with van der Waals surface area (Å²) in [5.41, 5.74) is 8.40. The SMILES string of the molecule is COCc1c(C(=O)N(CCN)CCc2ccccc2)oc2ccccc12.Cl. The van der Waals surface area contributed by atoms with E-state index in [0.717, 1.165) is 17.4 Å². The van der Waals surface area contributed by atoms with Gasteiger partial charge in [-0.25, -0.2) is 0 Å². The molecule has 0 saturated carbocycles. The van der Waals surface area contributed by atoms with Crippen molar-refractivity contribution in [3.63, 3.8) is 0 Å². The van der Waals surface area contributed by atoms with Crippen LogP contribution >= 0.6 is 12.4 Å². The predicted molar refractivity (Wildman–Crippen MR) is 109 cm³/mol. The van der Waals surface area contributed by atoms with E-state index in [0.29, 0.717) is 37.6 Å². The van der Waals surface area contributed by atoms with E-state index in [1.807, 2.05) is 42.5 Å². The van der Waals surface area contributed by atoms with Gasteiger partial charge in [-0.1, -0.05) is 48.5 Å². The largest absolute Gasteiger partial charge is 0.451 e. The molecule has 6 heteroatoms. The monoisotopic (exact) mass is 388 g/mol. The average molecular weight is 389 g/mol. The van der Waals surface area contributed by atoms with E-state index in [9.17, 15) is 4.79 Å². The number of rotatable bonds is 8. The van der Waals surface area contributed by atoms with Gasteiger partial charge in [0.25, 0.3) is 5.91 Å². The van der Waals surface area contributed by atoms with Crippen molar-refractivity contribution in [1.29, 1.82) is 0 Å². The second-order valence-corrected chi connectivity index (χ2v) is 6.16. The maximum Gasteiger partial charge on any atom is 0.290 e. The van der Waals surface area contributed by atoms with E-state index in [2.05, 4.69) is 12.1 Å². The van der Waals surface area contributed by atoms with Crippen LogP contribution < -0.4 is 5.73 Å². The molecule has 1 aromatic heterocycles. The number of para-hydroxylation sites is 1. The highest BCUT2D eigenvalue weighted by molar-refractivity contribution is 5.99. The Morgan fingerprint density at radius 1 is 1.07 bits per heavy atom. The van der Waals surface area contributed by atoms with Crippen LogP contribution in [-0.4, -0.2) is 37.6 Å². The van der Waals surface area contributed by atoms with Crippen LogP contribution in [0, 0.1) is 0 Å². The molecule has 27 heavy (non-hydrogen) atoms. The van der Waals surface area contributed by atoms with Crippen LogP contribution in [0.4, 0.5) is 0 Å². The third-order valence-electron chi connectivity index (χ3n) is 4.38. The molecule has 144 valence electrons. The minimum atomic E-state index is -0.144. The Morgan fingerprint density at radius 3 is 2.48 bits per heavy atom. The van der Waals surface area contributed by atoms with Crippen molar-refractivity contribution >= 4 is 29.3 Å². The highest BCUT2D eigenvalue weighted by Gasteiger charge is 2.24. The smallest absolute Gasteiger partial charge is 0.290 e. The number of carbonyl (C=O) groups is 1. The quantitative estimate of drug-likeness (QED) is 0.639. The molecule has 3 aromatic rings. The molecule has 0 spiro atoms. The highest BCUT2D eigenvalue weighted by Crippen LogP contribution is 2.27. The van der Waals surface area contributed by atoms with E-state index in [1.165, 1.54) is 5.56 Å². The minimum absolute atomic E-state index is 0. The number of nitrogens with zero attached hydrogens (tertiary/aromatic N) is 1. The van der Waals surface area contributed by atoms with Crippen molar-refractivity contribution < 1.29 is 13.9 Å². The first kappa shape index (κ1) is 21.0. The molecule has 0 unspecified atom stereocenters. The number of hydrogen-bond acceptors (Lipinski definition) is 4. The van der Waals surface area contributed by atoms with Gasteiger partial charge < -0.3 is 19.8 Å². The lowest BCUT2D eigenvalue weighted by molar-refractivity contribution is 0.0726. The van der Waals surface area contributed by atoms with Gasteiger partial charge in [-0.3, -0.25) is 4.79 Å². The van der Waals surface area contributed by atoms with Crippen LogP contribution in [0.3, 0.4) is 0 Å². The molecular weight excluding hydrogens is 364 g/mol. The summed E-state index contributed by atoms with van der Waals surface area (Å²) in [6.45, 7) is 1.80. The molecule has 5 nitrogen and oxygen atoms in total. The Kier molecular flexibility index (Phi) is 7.85. The van der Waals surface area contributed by atoms with E-state index in [4.69, 9.17) is 14.9 Å². The van der Waals surface area contributed by atoms with Crippen LogP contribution in [0.15, 0.2) is 59.0 Å². The van der Waals surface area contributed by atoms with Crippen molar-refractivity contribution in [2.75, 3.05) is 26.7 Å². The van der Waals surface area contributed by atoms with Crippen molar-refractivity contribution in [3.8, 4) is 0 Å². The zero-order valence-corrected chi connectivity index (χ0v) is 16.2. The number of benzene rings is 2. The van der Waals surface area contributed by atoms with Crippen LogP contribution in [-0.2, 0) is 17.8 Å². The summed E-state index contributed by atoms with van der Waals surface area (Å²) in [5, 5.41) is 0.911. The fourth-order valence-electron chi connectivity index (χ4n) is 3.08. The summed E-state index contributed by atoms with van der Waals surface area (Å²) in [5.74, 6) is 0.198. The fraction of sp³-hybridized carbons (Fsp3) is 0.286. The number of halogens is 1. The van der Waals surface area contributed by atoms with Crippen LogP contribution in [0.5, 0.6) is 0 Å². The highest BCUT2D eigenvalue weighted by atomic mass is 35.5. The van der Waals surface area contributed by atoms with E-state index < -0.39 is 0 Å². The van der Waals surface area contributed by atoms with E-state index >= 15 is 0 Å². The van der Waals surface area contributed by atoms with E-state index in [1.54, 1.807) is 12.0 Å².